The maximum Gasteiger partial charge on any atom is 0.573 e. The van der Waals surface area contributed by atoms with Crippen molar-refractivity contribution in [3.63, 3.8) is 0 Å². The van der Waals surface area contributed by atoms with Crippen LogP contribution in [0, 0.1) is 6.92 Å². The van der Waals surface area contributed by atoms with Crippen LogP contribution in [0.15, 0.2) is 59.0 Å². The van der Waals surface area contributed by atoms with Gasteiger partial charge in [-0.1, -0.05) is 36.4 Å². The first kappa shape index (κ1) is 17.9. The smallest absolute Gasteiger partial charge is 0.406 e. The molecular formula is C18H14F3N3OS. The van der Waals surface area contributed by atoms with Crippen molar-refractivity contribution in [1.82, 2.24) is 4.98 Å². The zero-order chi connectivity index (χ0) is 18.6. The van der Waals surface area contributed by atoms with E-state index in [-0.39, 0.29) is 5.75 Å². The number of halogens is 3. The monoisotopic (exact) mass is 377 g/mol. The van der Waals surface area contributed by atoms with Crippen molar-refractivity contribution in [3.05, 3.63) is 65.2 Å². The average molecular weight is 377 g/mol. The van der Waals surface area contributed by atoms with Gasteiger partial charge in [0.15, 0.2) is 0 Å². The quantitative estimate of drug-likeness (QED) is 0.474. The number of aryl methyl sites for hydroxylation is 1. The molecule has 3 aromatic rings. The highest BCUT2D eigenvalue weighted by atomic mass is 32.1. The van der Waals surface area contributed by atoms with Crippen LogP contribution in [0.3, 0.4) is 0 Å². The Morgan fingerprint density at radius 3 is 2.19 bits per heavy atom. The highest BCUT2D eigenvalue weighted by molar-refractivity contribution is 7.13. The van der Waals surface area contributed by atoms with Crippen molar-refractivity contribution in [2.45, 2.75) is 13.3 Å². The molecule has 1 heterocycles. The second kappa shape index (κ2) is 7.57. The molecule has 1 N–H and O–H groups in total. The minimum absolute atomic E-state index is 0.242. The SMILES string of the molecule is Cc1csc(NN=Cc2ccc(-c3ccc(OC(F)(F)F)cc3)cc2)n1. The maximum atomic E-state index is 12.2. The number of nitrogens with one attached hydrogen (secondary N) is 1. The molecule has 0 fully saturated rings. The van der Waals surface area contributed by atoms with Crippen molar-refractivity contribution in [3.8, 4) is 16.9 Å². The molecule has 1 aromatic heterocycles. The Labute approximate surface area is 152 Å². The lowest BCUT2D eigenvalue weighted by Crippen LogP contribution is -2.16. The van der Waals surface area contributed by atoms with Crippen LogP contribution in [-0.2, 0) is 0 Å². The third kappa shape index (κ3) is 5.06. The van der Waals surface area contributed by atoms with E-state index in [4.69, 9.17) is 0 Å². The van der Waals surface area contributed by atoms with Gasteiger partial charge in [-0.25, -0.2) is 4.98 Å². The highest BCUT2D eigenvalue weighted by Crippen LogP contribution is 2.26. The molecule has 4 nitrogen and oxygen atoms in total. The first-order chi connectivity index (χ1) is 12.4. The number of ether oxygens (including phenoxy) is 1. The second-order valence-electron chi connectivity index (χ2n) is 5.36. The molecule has 0 aliphatic carbocycles. The number of nitrogens with zero attached hydrogens (tertiary/aromatic N) is 2. The summed E-state index contributed by atoms with van der Waals surface area (Å²) in [6.45, 7) is 1.91. The molecule has 0 saturated heterocycles. The zero-order valence-electron chi connectivity index (χ0n) is 13.6. The number of alkyl halides is 3. The Kier molecular flexibility index (Phi) is 5.22. The fourth-order valence-corrected chi connectivity index (χ4v) is 2.82. The van der Waals surface area contributed by atoms with Gasteiger partial charge in [-0.15, -0.1) is 24.5 Å². The van der Waals surface area contributed by atoms with Gasteiger partial charge in [-0.3, -0.25) is 5.43 Å². The first-order valence-corrected chi connectivity index (χ1v) is 8.44. The van der Waals surface area contributed by atoms with E-state index in [2.05, 4.69) is 20.2 Å². The van der Waals surface area contributed by atoms with E-state index < -0.39 is 6.36 Å². The molecule has 0 amide bonds. The van der Waals surface area contributed by atoms with Gasteiger partial charge in [0.05, 0.1) is 11.9 Å². The lowest BCUT2D eigenvalue weighted by atomic mass is 10.0. The summed E-state index contributed by atoms with van der Waals surface area (Å²) >= 11 is 1.47. The Bertz CT molecular complexity index is 887. The van der Waals surface area contributed by atoms with Crippen molar-refractivity contribution in [2.75, 3.05) is 5.43 Å². The number of anilines is 1. The lowest BCUT2D eigenvalue weighted by Gasteiger charge is -2.09. The van der Waals surface area contributed by atoms with Gasteiger partial charge in [0.25, 0.3) is 0 Å². The summed E-state index contributed by atoms with van der Waals surface area (Å²) < 4.78 is 40.4. The Balaban J connectivity index is 1.63. The van der Waals surface area contributed by atoms with Gasteiger partial charge in [0, 0.05) is 5.38 Å². The molecule has 0 aliphatic rings. The van der Waals surface area contributed by atoms with Gasteiger partial charge >= 0.3 is 6.36 Å². The number of hydrogen-bond acceptors (Lipinski definition) is 5. The summed E-state index contributed by atoms with van der Waals surface area (Å²) in [7, 11) is 0. The van der Waals surface area contributed by atoms with Crippen LogP contribution in [-0.4, -0.2) is 17.6 Å². The molecule has 26 heavy (non-hydrogen) atoms. The average Bonchev–Trinajstić information content (AvgIpc) is 3.00. The third-order valence-electron chi connectivity index (χ3n) is 3.32. The summed E-state index contributed by atoms with van der Waals surface area (Å²) in [5.74, 6) is -0.242. The van der Waals surface area contributed by atoms with E-state index in [1.54, 1.807) is 18.3 Å². The number of rotatable bonds is 5. The molecule has 0 unspecified atom stereocenters. The van der Waals surface area contributed by atoms with Crippen LogP contribution in [0.4, 0.5) is 18.3 Å². The largest absolute Gasteiger partial charge is 0.573 e. The number of hydrazone groups is 1. The van der Waals surface area contributed by atoms with E-state index in [9.17, 15) is 13.2 Å². The molecule has 2 aromatic carbocycles. The van der Waals surface area contributed by atoms with Gasteiger partial charge in [-0.2, -0.15) is 5.10 Å². The zero-order valence-corrected chi connectivity index (χ0v) is 14.4. The lowest BCUT2D eigenvalue weighted by molar-refractivity contribution is -0.274. The second-order valence-corrected chi connectivity index (χ2v) is 6.22. The minimum atomic E-state index is -4.69. The molecule has 134 valence electrons. The summed E-state index contributed by atoms with van der Waals surface area (Å²) in [5, 5.41) is 6.77. The van der Waals surface area contributed by atoms with Crippen LogP contribution >= 0.6 is 11.3 Å². The summed E-state index contributed by atoms with van der Waals surface area (Å²) in [6, 6.07) is 13.2. The number of hydrogen-bond donors (Lipinski definition) is 1. The van der Waals surface area contributed by atoms with Crippen LogP contribution in [0.25, 0.3) is 11.1 Å². The Morgan fingerprint density at radius 1 is 1.04 bits per heavy atom. The van der Waals surface area contributed by atoms with E-state index in [1.165, 1.54) is 23.5 Å². The molecule has 3 rings (SSSR count). The molecule has 0 bridgehead atoms. The van der Waals surface area contributed by atoms with Crippen LogP contribution in [0.1, 0.15) is 11.3 Å². The van der Waals surface area contributed by atoms with Gasteiger partial charge in [-0.05, 0) is 35.7 Å². The Hall–Kier alpha value is -2.87. The molecule has 0 saturated carbocycles. The summed E-state index contributed by atoms with van der Waals surface area (Å²) in [5.41, 5.74) is 6.34. The minimum Gasteiger partial charge on any atom is -0.406 e. The van der Waals surface area contributed by atoms with Crippen molar-refractivity contribution in [1.29, 1.82) is 0 Å². The predicted octanol–water partition coefficient (Wildman–Crippen LogP) is 5.46. The molecule has 8 heteroatoms. The maximum absolute atomic E-state index is 12.2. The Morgan fingerprint density at radius 2 is 1.65 bits per heavy atom. The van der Waals surface area contributed by atoms with E-state index in [1.807, 2.05) is 36.6 Å². The third-order valence-corrected chi connectivity index (χ3v) is 4.19. The molecule has 0 spiro atoms. The summed E-state index contributed by atoms with van der Waals surface area (Å²) in [6.07, 6.45) is -3.02. The van der Waals surface area contributed by atoms with E-state index >= 15 is 0 Å². The predicted molar refractivity (Wildman–Crippen MR) is 96.6 cm³/mol. The first-order valence-electron chi connectivity index (χ1n) is 7.56. The highest BCUT2D eigenvalue weighted by Gasteiger charge is 2.30. The topological polar surface area (TPSA) is 46.5 Å². The number of benzene rings is 2. The molecule has 0 atom stereocenters. The normalized spacial score (nSPS) is 11.7. The fourth-order valence-electron chi connectivity index (χ4n) is 2.18. The molecular weight excluding hydrogens is 363 g/mol. The van der Waals surface area contributed by atoms with Crippen LogP contribution in [0.5, 0.6) is 5.75 Å². The van der Waals surface area contributed by atoms with Crippen LogP contribution in [0.2, 0.25) is 0 Å². The summed E-state index contributed by atoms with van der Waals surface area (Å²) in [4.78, 5) is 4.24. The van der Waals surface area contributed by atoms with E-state index in [0.717, 1.165) is 27.5 Å². The standard InChI is InChI=1S/C18H14F3N3OS/c1-12-11-26-17(23-12)24-22-10-13-2-4-14(5-3-13)15-6-8-16(9-7-15)25-18(19,20)21/h2-11H,1H3,(H,23,24). The van der Waals surface area contributed by atoms with Crippen molar-refractivity contribution in [2.24, 2.45) is 5.10 Å². The number of aromatic nitrogens is 1. The van der Waals surface area contributed by atoms with E-state index in [0.29, 0.717) is 0 Å². The van der Waals surface area contributed by atoms with Gasteiger partial charge in [0.1, 0.15) is 5.75 Å². The number of thiazole rings is 1. The van der Waals surface area contributed by atoms with Gasteiger partial charge in [0.2, 0.25) is 5.13 Å². The van der Waals surface area contributed by atoms with Crippen molar-refractivity contribution >= 4 is 22.7 Å². The molecule has 0 radical (unpaired) electrons. The van der Waals surface area contributed by atoms with Crippen LogP contribution < -0.4 is 10.2 Å². The van der Waals surface area contributed by atoms with Crippen molar-refractivity contribution < 1.29 is 17.9 Å². The fraction of sp³-hybridized carbons (Fsp3) is 0.111. The van der Waals surface area contributed by atoms with Gasteiger partial charge < -0.3 is 4.74 Å². The molecule has 0 aliphatic heterocycles.